The van der Waals surface area contributed by atoms with Crippen molar-refractivity contribution < 1.29 is 9.13 Å². The predicted octanol–water partition coefficient (Wildman–Crippen LogP) is 5.49. The van der Waals surface area contributed by atoms with E-state index in [0.717, 1.165) is 42.9 Å². The molecule has 5 nitrogen and oxygen atoms in total. The van der Waals surface area contributed by atoms with E-state index < -0.39 is 5.95 Å². The van der Waals surface area contributed by atoms with Gasteiger partial charge in [0.1, 0.15) is 0 Å². The fourth-order valence-corrected chi connectivity index (χ4v) is 4.68. The Hall–Kier alpha value is -1.76. The molecule has 0 amide bonds. The fourth-order valence-electron chi connectivity index (χ4n) is 4.46. The van der Waals surface area contributed by atoms with Crippen LogP contribution in [0.4, 0.5) is 10.1 Å². The summed E-state index contributed by atoms with van der Waals surface area (Å²) in [5.74, 6) is 0.152. The summed E-state index contributed by atoms with van der Waals surface area (Å²) in [5.41, 5.74) is 3.42. The van der Waals surface area contributed by atoms with Gasteiger partial charge in [0.15, 0.2) is 0 Å². The van der Waals surface area contributed by atoms with Crippen LogP contribution in [0.2, 0.25) is 5.02 Å². The quantitative estimate of drug-likeness (QED) is 0.363. The van der Waals surface area contributed by atoms with Crippen molar-refractivity contribution in [3.8, 4) is 11.1 Å². The van der Waals surface area contributed by atoms with Gasteiger partial charge in [0.25, 0.3) is 0 Å². The molecule has 2 aliphatic rings. The molecule has 2 saturated carbocycles. The zero-order valence-electron chi connectivity index (χ0n) is 19.1. The van der Waals surface area contributed by atoms with Crippen LogP contribution in [0.3, 0.4) is 0 Å². The summed E-state index contributed by atoms with van der Waals surface area (Å²) in [5, 5.41) is 7.38. The lowest BCUT2D eigenvalue weighted by Gasteiger charge is -2.29. The number of nitrogens with one attached hydrogen (secondary N) is 2. The molecule has 174 valence electrons. The number of aromatic nitrogens is 2. The monoisotopic (exact) mass is 460 g/mol. The van der Waals surface area contributed by atoms with E-state index in [2.05, 4.69) is 27.5 Å². The van der Waals surface area contributed by atoms with Crippen LogP contribution in [0.5, 0.6) is 0 Å². The van der Waals surface area contributed by atoms with Crippen molar-refractivity contribution in [2.45, 2.75) is 57.9 Å². The highest BCUT2D eigenvalue weighted by Crippen LogP contribution is 2.45. The van der Waals surface area contributed by atoms with Crippen molar-refractivity contribution in [1.82, 2.24) is 15.3 Å². The average Bonchev–Trinajstić information content (AvgIpc) is 3.53. The summed E-state index contributed by atoms with van der Waals surface area (Å²) in [4.78, 5) is 8.56. The van der Waals surface area contributed by atoms with E-state index in [0.29, 0.717) is 22.7 Å². The summed E-state index contributed by atoms with van der Waals surface area (Å²) < 4.78 is 19.4. The maximum Gasteiger partial charge on any atom is 0.236 e. The molecule has 7 heteroatoms. The molecule has 0 radical (unpaired) electrons. The molecular formula is C25H34ClFN4O. The van der Waals surface area contributed by atoms with E-state index in [1.165, 1.54) is 38.5 Å². The molecule has 2 N–H and O–H groups in total. The van der Waals surface area contributed by atoms with Crippen LogP contribution in [-0.4, -0.2) is 42.8 Å². The topological polar surface area (TPSA) is 59.1 Å². The Morgan fingerprint density at radius 3 is 2.66 bits per heavy atom. The third kappa shape index (κ3) is 6.18. The van der Waals surface area contributed by atoms with Crippen molar-refractivity contribution in [2.75, 3.05) is 32.1 Å². The van der Waals surface area contributed by atoms with E-state index in [4.69, 9.17) is 16.3 Å². The molecular weight excluding hydrogens is 427 g/mol. The van der Waals surface area contributed by atoms with E-state index in [1.54, 1.807) is 19.5 Å². The number of rotatable bonds is 10. The fraction of sp³-hybridized carbons (Fsp3) is 0.600. The van der Waals surface area contributed by atoms with E-state index in [1.807, 2.05) is 12.1 Å². The lowest BCUT2D eigenvalue weighted by atomic mass is 9.83. The first-order valence-corrected chi connectivity index (χ1v) is 12.1. The molecule has 32 heavy (non-hydrogen) atoms. The Labute approximate surface area is 195 Å². The van der Waals surface area contributed by atoms with Crippen LogP contribution >= 0.6 is 11.6 Å². The van der Waals surface area contributed by atoms with E-state index in [-0.39, 0.29) is 5.41 Å². The highest BCUT2D eigenvalue weighted by molar-refractivity contribution is 6.33. The van der Waals surface area contributed by atoms with Crippen LogP contribution < -0.4 is 10.6 Å². The molecule has 0 aliphatic heterocycles. The molecule has 0 atom stereocenters. The molecule has 0 bridgehead atoms. The van der Waals surface area contributed by atoms with Crippen LogP contribution in [0.15, 0.2) is 24.5 Å². The van der Waals surface area contributed by atoms with Gasteiger partial charge in [-0.2, -0.15) is 4.39 Å². The number of nitrogens with zero attached hydrogens (tertiary/aromatic N) is 2. The van der Waals surface area contributed by atoms with Gasteiger partial charge in [0.2, 0.25) is 5.95 Å². The molecule has 0 spiro atoms. The number of pyridine rings is 2. The molecule has 2 aromatic heterocycles. The maximum atomic E-state index is 14.3. The van der Waals surface area contributed by atoms with E-state index >= 15 is 0 Å². The summed E-state index contributed by atoms with van der Waals surface area (Å²) in [7, 11) is 1.74. The molecule has 2 heterocycles. The minimum Gasteiger partial charge on any atom is -0.383 e. The lowest BCUT2D eigenvalue weighted by molar-refractivity contribution is 0.188. The predicted molar refractivity (Wildman–Crippen MR) is 128 cm³/mol. The SMILES string of the molecule is COCCNC1CCC(Cc2cc(-c3cnc(F)c(NCC4(C)CC4)c3)c(Cl)cn2)CC1. The van der Waals surface area contributed by atoms with Gasteiger partial charge in [-0.25, -0.2) is 4.98 Å². The zero-order chi connectivity index (χ0) is 22.6. The van der Waals surface area contributed by atoms with Gasteiger partial charge in [-0.15, -0.1) is 0 Å². The number of hydrogen-bond donors (Lipinski definition) is 2. The largest absolute Gasteiger partial charge is 0.383 e. The number of methoxy groups -OCH3 is 1. The van der Waals surface area contributed by atoms with Crippen LogP contribution in [-0.2, 0) is 11.2 Å². The molecule has 2 fully saturated rings. The normalized spacial score (nSPS) is 22.0. The van der Waals surface area contributed by atoms with Crippen molar-refractivity contribution in [3.05, 3.63) is 41.2 Å². The summed E-state index contributed by atoms with van der Waals surface area (Å²) >= 11 is 6.48. The highest BCUT2D eigenvalue weighted by atomic mass is 35.5. The second-order valence-corrected chi connectivity index (χ2v) is 10.2. The second kappa shape index (κ2) is 10.4. The Kier molecular flexibility index (Phi) is 7.64. The van der Waals surface area contributed by atoms with Gasteiger partial charge in [-0.05, 0) is 68.4 Å². The lowest BCUT2D eigenvalue weighted by Crippen LogP contribution is -2.35. The molecule has 2 aromatic rings. The van der Waals surface area contributed by atoms with Crippen LogP contribution in [0, 0.1) is 17.3 Å². The first-order chi connectivity index (χ1) is 15.5. The molecule has 0 saturated heterocycles. The molecule has 2 aliphatic carbocycles. The average molecular weight is 461 g/mol. The van der Waals surface area contributed by atoms with Gasteiger partial charge in [-0.3, -0.25) is 4.98 Å². The zero-order valence-corrected chi connectivity index (χ0v) is 19.8. The maximum absolute atomic E-state index is 14.3. The number of hydrogen-bond acceptors (Lipinski definition) is 5. The molecule has 4 rings (SSSR count). The van der Waals surface area contributed by atoms with Crippen molar-refractivity contribution in [1.29, 1.82) is 0 Å². The van der Waals surface area contributed by atoms with Gasteiger partial charge in [0, 0.05) is 55.5 Å². The Morgan fingerprint density at radius 2 is 1.94 bits per heavy atom. The van der Waals surface area contributed by atoms with E-state index in [9.17, 15) is 4.39 Å². The summed E-state index contributed by atoms with van der Waals surface area (Å²) in [6.07, 6.45) is 11.3. The third-order valence-electron chi connectivity index (χ3n) is 6.95. The van der Waals surface area contributed by atoms with Crippen LogP contribution in [0.25, 0.3) is 11.1 Å². The van der Waals surface area contributed by atoms with Gasteiger partial charge in [-0.1, -0.05) is 18.5 Å². The number of ether oxygens (including phenoxy) is 1. The Bertz CT molecular complexity index is 913. The summed E-state index contributed by atoms with van der Waals surface area (Å²) in [6, 6.07) is 4.45. The minimum atomic E-state index is -0.473. The smallest absolute Gasteiger partial charge is 0.236 e. The molecule has 0 aromatic carbocycles. The van der Waals surface area contributed by atoms with Crippen molar-refractivity contribution in [2.24, 2.45) is 11.3 Å². The van der Waals surface area contributed by atoms with Gasteiger partial charge >= 0.3 is 0 Å². The first-order valence-electron chi connectivity index (χ1n) is 11.7. The minimum absolute atomic E-state index is 0.280. The Morgan fingerprint density at radius 1 is 1.16 bits per heavy atom. The van der Waals surface area contributed by atoms with Crippen LogP contribution in [0.1, 0.15) is 51.1 Å². The summed E-state index contributed by atoms with van der Waals surface area (Å²) in [6.45, 7) is 4.64. The second-order valence-electron chi connectivity index (χ2n) is 9.75. The first kappa shape index (κ1) is 23.4. The Balaban J connectivity index is 1.40. The highest BCUT2D eigenvalue weighted by Gasteiger charge is 2.37. The molecule has 0 unspecified atom stereocenters. The third-order valence-corrected chi connectivity index (χ3v) is 7.26. The number of anilines is 1. The van der Waals surface area contributed by atoms with Gasteiger partial charge < -0.3 is 15.4 Å². The standard InChI is InChI=1S/C25H34ClFN4O/c1-25(7-8-25)16-31-23-12-18(14-30-24(23)27)21-13-20(29-15-22(21)26)11-17-3-5-19(6-4-17)28-9-10-32-2/h12-15,17,19,28,31H,3-11,16H2,1-2H3. The van der Waals surface area contributed by atoms with Gasteiger partial charge in [0.05, 0.1) is 17.3 Å². The number of halogens is 2. The van der Waals surface area contributed by atoms with Crippen molar-refractivity contribution >= 4 is 17.3 Å². The van der Waals surface area contributed by atoms with Crippen molar-refractivity contribution in [3.63, 3.8) is 0 Å².